The van der Waals surface area contributed by atoms with Crippen LogP contribution >= 0.6 is 0 Å². The van der Waals surface area contributed by atoms with Crippen LogP contribution in [0.25, 0.3) is 11.3 Å². The molecule has 0 aliphatic carbocycles. The van der Waals surface area contributed by atoms with Gasteiger partial charge < -0.3 is 5.11 Å². The summed E-state index contributed by atoms with van der Waals surface area (Å²) < 4.78 is 0. The van der Waals surface area contributed by atoms with Crippen LogP contribution < -0.4 is 0 Å². The molecule has 0 atom stereocenters. The van der Waals surface area contributed by atoms with Crippen LogP contribution in [0.1, 0.15) is 37.7 Å². The summed E-state index contributed by atoms with van der Waals surface area (Å²) in [6.07, 6.45) is 1.69. The highest BCUT2D eigenvalue weighted by atomic mass is 16.3. The van der Waals surface area contributed by atoms with Gasteiger partial charge in [0.1, 0.15) is 6.61 Å². The molecular weight excluding hydrogens is 236 g/mol. The van der Waals surface area contributed by atoms with Crippen molar-refractivity contribution in [3.05, 3.63) is 47.4 Å². The Balaban J connectivity index is 2.46. The van der Waals surface area contributed by atoms with Gasteiger partial charge in [-0.25, -0.2) is 9.97 Å². The van der Waals surface area contributed by atoms with Crippen LogP contribution in [0.2, 0.25) is 0 Å². The zero-order chi connectivity index (χ0) is 14.0. The normalized spacial score (nSPS) is 11.6. The maximum Gasteiger partial charge on any atom is 0.154 e. The number of hydrogen-bond donors (Lipinski definition) is 1. The van der Waals surface area contributed by atoms with Gasteiger partial charge in [-0.15, -0.1) is 0 Å². The van der Waals surface area contributed by atoms with E-state index in [1.54, 1.807) is 6.20 Å². The smallest absolute Gasteiger partial charge is 0.154 e. The third-order valence-corrected chi connectivity index (χ3v) is 3.22. The summed E-state index contributed by atoms with van der Waals surface area (Å²) >= 11 is 0. The largest absolute Gasteiger partial charge is 0.388 e. The van der Waals surface area contributed by atoms with E-state index in [1.807, 2.05) is 6.07 Å². The van der Waals surface area contributed by atoms with E-state index in [4.69, 9.17) is 5.11 Å². The fourth-order valence-corrected chi connectivity index (χ4v) is 2.04. The Kier molecular flexibility index (Phi) is 3.67. The first-order valence-electron chi connectivity index (χ1n) is 6.46. The van der Waals surface area contributed by atoms with E-state index in [0.717, 1.165) is 11.3 Å². The third-order valence-electron chi connectivity index (χ3n) is 3.22. The monoisotopic (exact) mass is 256 g/mol. The Hall–Kier alpha value is -1.74. The van der Waals surface area contributed by atoms with Crippen LogP contribution in [0, 0.1) is 6.92 Å². The molecule has 0 amide bonds. The maximum absolute atomic E-state index is 9.10. The molecule has 1 aromatic heterocycles. The summed E-state index contributed by atoms with van der Waals surface area (Å²) in [4.78, 5) is 8.36. The standard InChI is InChI=1S/C16H20N2O/c1-11-9-12(16(2,3)4)5-6-13(11)14-7-8-17-15(10-19)18-14/h5-9,19H,10H2,1-4H3. The number of aliphatic hydroxyl groups excluding tert-OH is 1. The van der Waals surface area contributed by atoms with Crippen molar-refractivity contribution in [1.29, 1.82) is 0 Å². The lowest BCUT2D eigenvalue weighted by Crippen LogP contribution is -2.11. The molecular formula is C16H20N2O. The van der Waals surface area contributed by atoms with Gasteiger partial charge in [0.25, 0.3) is 0 Å². The molecule has 2 rings (SSSR count). The number of aliphatic hydroxyl groups is 1. The molecule has 3 nitrogen and oxygen atoms in total. The summed E-state index contributed by atoms with van der Waals surface area (Å²) in [5, 5.41) is 9.10. The second kappa shape index (κ2) is 5.10. The molecule has 0 bridgehead atoms. The lowest BCUT2D eigenvalue weighted by molar-refractivity contribution is 0.271. The van der Waals surface area contributed by atoms with E-state index in [0.29, 0.717) is 5.82 Å². The van der Waals surface area contributed by atoms with Crippen molar-refractivity contribution in [3.63, 3.8) is 0 Å². The van der Waals surface area contributed by atoms with E-state index < -0.39 is 0 Å². The summed E-state index contributed by atoms with van der Waals surface area (Å²) in [7, 11) is 0. The van der Waals surface area contributed by atoms with Crippen molar-refractivity contribution in [2.24, 2.45) is 0 Å². The van der Waals surface area contributed by atoms with Crippen molar-refractivity contribution in [3.8, 4) is 11.3 Å². The van der Waals surface area contributed by atoms with Crippen LogP contribution in [0.5, 0.6) is 0 Å². The highest BCUT2D eigenvalue weighted by Gasteiger charge is 2.15. The van der Waals surface area contributed by atoms with Crippen LogP contribution in [-0.4, -0.2) is 15.1 Å². The van der Waals surface area contributed by atoms with Gasteiger partial charge in [-0.3, -0.25) is 0 Å². The predicted octanol–water partition coefficient (Wildman–Crippen LogP) is 3.24. The maximum atomic E-state index is 9.10. The Bertz CT molecular complexity index is 586. The van der Waals surface area contributed by atoms with Crippen LogP contribution in [0.15, 0.2) is 30.5 Å². The van der Waals surface area contributed by atoms with Gasteiger partial charge in [-0.05, 0) is 29.5 Å². The molecule has 3 heteroatoms. The summed E-state index contributed by atoms with van der Waals surface area (Å²) in [6, 6.07) is 8.32. The zero-order valence-electron chi connectivity index (χ0n) is 11.9. The molecule has 1 N–H and O–H groups in total. The van der Waals surface area contributed by atoms with Crippen molar-refractivity contribution >= 4 is 0 Å². The van der Waals surface area contributed by atoms with Crippen molar-refractivity contribution in [2.45, 2.75) is 39.7 Å². The molecule has 0 saturated heterocycles. The third kappa shape index (κ3) is 2.99. The number of nitrogens with zero attached hydrogens (tertiary/aromatic N) is 2. The lowest BCUT2D eigenvalue weighted by atomic mass is 9.85. The molecule has 0 aliphatic heterocycles. The average molecular weight is 256 g/mol. The van der Waals surface area contributed by atoms with Crippen LogP contribution in [0.3, 0.4) is 0 Å². The Morgan fingerprint density at radius 3 is 2.47 bits per heavy atom. The lowest BCUT2D eigenvalue weighted by Gasteiger charge is -2.20. The first-order valence-corrected chi connectivity index (χ1v) is 6.46. The molecule has 0 aliphatic rings. The van der Waals surface area contributed by atoms with Crippen molar-refractivity contribution < 1.29 is 5.11 Å². The second-order valence-electron chi connectivity index (χ2n) is 5.80. The van der Waals surface area contributed by atoms with Gasteiger partial charge in [-0.1, -0.05) is 39.0 Å². The predicted molar refractivity (Wildman–Crippen MR) is 76.8 cm³/mol. The SMILES string of the molecule is Cc1cc(C(C)(C)C)ccc1-c1ccnc(CO)n1. The van der Waals surface area contributed by atoms with Gasteiger partial charge in [-0.2, -0.15) is 0 Å². The van der Waals surface area contributed by atoms with E-state index in [-0.39, 0.29) is 12.0 Å². The molecule has 2 aromatic rings. The number of aryl methyl sites for hydroxylation is 1. The summed E-state index contributed by atoms with van der Waals surface area (Å²) in [5.41, 5.74) is 4.59. The fourth-order valence-electron chi connectivity index (χ4n) is 2.04. The molecule has 0 spiro atoms. The number of aromatic nitrogens is 2. The molecule has 1 heterocycles. The van der Waals surface area contributed by atoms with E-state index in [2.05, 4.69) is 55.9 Å². The Morgan fingerprint density at radius 1 is 1.16 bits per heavy atom. The highest BCUT2D eigenvalue weighted by molar-refractivity contribution is 5.64. The topological polar surface area (TPSA) is 46.0 Å². The van der Waals surface area contributed by atoms with Gasteiger partial charge in [0, 0.05) is 11.8 Å². The minimum atomic E-state index is -0.132. The number of benzene rings is 1. The Labute approximate surface area is 114 Å². The van der Waals surface area contributed by atoms with Gasteiger partial charge in [0.05, 0.1) is 5.69 Å². The van der Waals surface area contributed by atoms with E-state index in [1.165, 1.54) is 11.1 Å². The van der Waals surface area contributed by atoms with Gasteiger partial charge in [0.15, 0.2) is 5.82 Å². The summed E-state index contributed by atoms with van der Waals surface area (Å²) in [5.74, 6) is 0.455. The second-order valence-corrected chi connectivity index (χ2v) is 5.80. The number of rotatable bonds is 2. The molecule has 19 heavy (non-hydrogen) atoms. The molecule has 0 fully saturated rings. The minimum Gasteiger partial charge on any atom is -0.388 e. The Morgan fingerprint density at radius 2 is 1.89 bits per heavy atom. The number of hydrogen-bond acceptors (Lipinski definition) is 3. The molecule has 100 valence electrons. The van der Waals surface area contributed by atoms with Gasteiger partial charge in [0.2, 0.25) is 0 Å². The van der Waals surface area contributed by atoms with Crippen molar-refractivity contribution in [2.75, 3.05) is 0 Å². The highest BCUT2D eigenvalue weighted by Crippen LogP contribution is 2.28. The van der Waals surface area contributed by atoms with Crippen molar-refractivity contribution in [1.82, 2.24) is 9.97 Å². The quantitative estimate of drug-likeness (QED) is 0.897. The minimum absolute atomic E-state index is 0.132. The zero-order valence-corrected chi connectivity index (χ0v) is 11.9. The summed E-state index contributed by atoms with van der Waals surface area (Å²) in [6.45, 7) is 8.57. The van der Waals surface area contributed by atoms with E-state index >= 15 is 0 Å². The molecule has 0 radical (unpaired) electrons. The van der Waals surface area contributed by atoms with Crippen LogP contribution in [-0.2, 0) is 12.0 Å². The average Bonchev–Trinajstić information content (AvgIpc) is 2.37. The molecule has 0 saturated carbocycles. The molecule has 0 unspecified atom stereocenters. The first-order chi connectivity index (χ1) is 8.91. The van der Waals surface area contributed by atoms with Crippen LogP contribution in [0.4, 0.5) is 0 Å². The van der Waals surface area contributed by atoms with E-state index in [9.17, 15) is 0 Å². The fraction of sp³-hybridized carbons (Fsp3) is 0.375. The molecule has 1 aromatic carbocycles. The van der Waals surface area contributed by atoms with Gasteiger partial charge >= 0.3 is 0 Å². The first kappa shape index (κ1) is 13.7.